The fourth-order valence-electron chi connectivity index (χ4n) is 2.67. The second kappa shape index (κ2) is 8.06. The predicted molar refractivity (Wildman–Crippen MR) is 90.6 cm³/mol. The van der Waals surface area contributed by atoms with Gasteiger partial charge in [0.1, 0.15) is 6.04 Å². The van der Waals surface area contributed by atoms with Gasteiger partial charge < -0.3 is 19.5 Å². The molecule has 0 aromatic heterocycles. The first-order valence-corrected chi connectivity index (χ1v) is 8.07. The minimum Gasteiger partial charge on any atom is -0.493 e. The van der Waals surface area contributed by atoms with E-state index in [9.17, 15) is 9.59 Å². The number of amides is 1. The van der Waals surface area contributed by atoms with Crippen LogP contribution in [0.1, 0.15) is 25.3 Å². The number of carboxylic acid groups (broad SMARTS) is 1. The number of carboxylic acids is 1. The summed E-state index contributed by atoms with van der Waals surface area (Å²) in [6, 6.07) is 2.62. The van der Waals surface area contributed by atoms with Gasteiger partial charge in [-0.3, -0.25) is 4.79 Å². The molecule has 0 aliphatic carbocycles. The van der Waals surface area contributed by atoms with Crippen molar-refractivity contribution in [1.82, 2.24) is 4.90 Å². The molecule has 0 radical (unpaired) electrons. The summed E-state index contributed by atoms with van der Waals surface area (Å²) in [7, 11) is 1.51. The number of benzene rings is 1. The average molecular weight is 354 g/mol. The molecule has 1 aliphatic heterocycles. The second-order valence-electron chi connectivity index (χ2n) is 5.33. The Balaban J connectivity index is 2.18. The van der Waals surface area contributed by atoms with Crippen molar-refractivity contribution in [2.45, 2.75) is 25.8 Å². The van der Waals surface area contributed by atoms with E-state index in [2.05, 4.69) is 0 Å². The first-order valence-electron chi connectivity index (χ1n) is 7.69. The zero-order valence-corrected chi connectivity index (χ0v) is 14.4. The van der Waals surface area contributed by atoms with Crippen LogP contribution in [-0.2, 0) is 9.59 Å². The van der Waals surface area contributed by atoms with Gasteiger partial charge in [-0.05, 0) is 43.5 Å². The molecule has 1 atom stereocenters. The molecule has 1 aliphatic rings. The highest BCUT2D eigenvalue weighted by Crippen LogP contribution is 2.36. The van der Waals surface area contributed by atoms with E-state index in [1.807, 2.05) is 6.92 Å². The lowest BCUT2D eigenvalue weighted by Crippen LogP contribution is -2.39. The Hall–Kier alpha value is -2.21. The lowest BCUT2D eigenvalue weighted by Gasteiger charge is -2.19. The molecule has 6 nitrogen and oxygen atoms in total. The molecule has 24 heavy (non-hydrogen) atoms. The van der Waals surface area contributed by atoms with Crippen LogP contribution in [0.15, 0.2) is 18.2 Å². The fourth-order valence-corrected chi connectivity index (χ4v) is 2.94. The Morgan fingerprint density at radius 1 is 1.46 bits per heavy atom. The fraction of sp³-hybridized carbons (Fsp3) is 0.412. The number of ether oxygens (including phenoxy) is 2. The lowest BCUT2D eigenvalue weighted by molar-refractivity contribution is -0.146. The monoisotopic (exact) mass is 353 g/mol. The van der Waals surface area contributed by atoms with Crippen molar-refractivity contribution in [2.75, 3.05) is 20.3 Å². The highest BCUT2D eigenvalue weighted by molar-refractivity contribution is 6.32. The summed E-state index contributed by atoms with van der Waals surface area (Å²) in [4.78, 5) is 24.7. The average Bonchev–Trinajstić information content (AvgIpc) is 3.04. The first kappa shape index (κ1) is 18.1. The van der Waals surface area contributed by atoms with Gasteiger partial charge in [-0.1, -0.05) is 11.6 Å². The van der Waals surface area contributed by atoms with Crippen LogP contribution in [0, 0.1) is 0 Å². The van der Waals surface area contributed by atoms with E-state index >= 15 is 0 Å². The number of likely N-dealkylation sites (tertiary alicyclic amines) is 1. The van der Waals surface area contributed by atoms with Crippen molar-refractivity contribution < 1.29 is 24.2 Å². The summed E-state index contributed by atoms with van der Waals surface area (Å²) >= 11 is 6.19. The summed E-state index contributed by atoms with van der Waals surface area (Å²) in [5, 5.41) is 9.52. The number of rotatable bonds is 6. The minimum atomic E-state index is -0.972. The number of hydrogen-bond acceptors (Lipinski definition) is 4. The van der Waals surface area contributed by atoms with Gasteiger partial charge >= 0.3 is 5.97 Å². The van der Waals surface area contributed by atoms with E-state index in [1.54, 1.807) is 18.2 Å². The molecule has 0 spiro atoms. The van der Waals surface area contributed by atoms with Gasteiger partial charge in [-0.15, -0.1) is 0 Å². The van der Waals surface area contributed by atoms with Crippen LogP contribution in [0.25, 0.3) is 6.08 Å². The van der Waals surface area contributed by atoms with E-state index < -0.39 is 12.0 Å². The highest BCUT2D eigenvalue weighted by atomic mass is 35.5. The van der Waals surface area contributed by atoms with Gasteiger partial charge in [-0.2, -0.15) is 0 Å². The summed E-state index contributed by atoms with van der Waals surface area (Å²) in [6.45, 7) is 2.75. The highest BCUT2D eigenvalue weighted by Gasteiger charge is 2.32. The van der Waals surface area contributed by atoms with Crippen molar-refractivity contribution in [3.8, 4) is 11.5 Å². The van der Waals surface area contributed by atoms with Gasteiger partial charge in [0.15, 0.2) is 11.5 Å². The Labute approximate surface area is 145 Å². The maximum absolute atomic E-state index is 12.2. The van der Waals surface area contributed by atoms with Crippen molar-refractivity contribution in [3.05, 3.63) is 28.8 Å². The zero-order valence-electron chi connectivity index (χ0n) is 13.6. The molecule has 130 valence electrons. The molecule has 0 saturated carbocycles. The number of carbonyl (C=O) groups is 2. The molecular formula is C17H20ClNO5. The van der Waals surface area contributed by atoms with Crippen LogP contribution < -0.4 is 9.47 Å². The van der Waals surface area contributed by atoms with Gasteiger partial charge in [0, 0.05) is 12.6 Å². The quantitative estimate of drug-likeness (QED) is 0.796. The predicted octanol–water partition coefficient (Wildman–Crippen LogP) is 2.84. The van der Waals surface area contributed by atoms with Crippen LogP contribution in [0.2, 0.25) is 5.02 Å². The standard InChI is InChI=1S/C17H20ClNO5/c1-3-24-16-12(18)9-11(10-14(16)23-2)6-7-15(20)19-8-4-5-13(19)17(21)22/h6-7,9-10,13H,3-5,8H2,1-2H3,(H,21,22). The van der Waals surface area contributed by atoms with Crippen LogP contribution in [-0.4, -0.2) is 48.2 Å². The summed E-state index contributed by atoms with van der Waals surface area (Å²) < 4.78 is 10.7. The first-order chi connectivity index (χ1) is 11.5. The number of hydrogen-bond donors (Lipinski definition) is 1. The van der Waals surface area contributed by atoms with Gasteiger partial charge in [-0.25, -0.2) is 4.79 Å². The second-order valence-corrected chi connectivity index (χ2v) is 5.74. The lowest BCUT2D eigenvalue weighted by atomic mass is 10.1. The van der Waals surface area contributed by atoms with Gasteiger partial charge in [0.25, 0.3) is 0 Å². The van der Waals surface area contributed by atoms with Gasteiger partial charge in [0.2, 0.25) is 5.91 Å². The SMILES string of the molecule is CCOc1c(Cl)cc(C=CC(=O)N2CCCC2C(=O)O)cc1OC. The van der Waals surface area contributed by atoms with E-state index in [0.29, 0.717) is 48.1 Å². The number of aliphatic carboxylic acids is 1. The largest absolute Gasteiger partial charge is 0.493 e. The van der Waals surface area contributed by atoms with Gasteiger partial charge in [0.05, 0.1) is 18.7 Å². The van der Waals surface area contributed by atoms with Crippen LogP contribution in [0.4, 0.5) is 0 Å². The van der Waals surface area contributed by atoms with Crippen molar-refractivity contribution >= 4 is 29.6 Å². The molecule has 1 unspecified atom stereocenters. The van der Waals surface area contributed by atoms with E-state index in [1.165, 1.54) is 18.1 Å². The van der Waals surface area contributed by atoms with Crippen LogP contribution in [0.5, 0.6) is 11.5 Å². The number of carbonyl (C=O) groups excluding carboxylic acids is 1. The molecule has 1 N–H and O–H groups in total. The van der Waals surface area contributed by atoms with Crippen LogP contribution in [0.3, 0.4) is 0 Å². The molecule has 7 heteroatoms. The topological polar surface area (TPSA) is 76.1 Å². The summed E-state index contributed by atoms with van der Waals surface area (Å²) in [5.41, 5.74) is 0.666. The molecule has 2 rings (SSSR count). The smallest absolute Gasteiger partial charge is 0.326 e. The number of methoxy groups -OCH3 is 1. The molecule has 1 heterocycles. The normalized spacial score (nSPS) is 17.3. The Bertz CT molecular complexity index is 659. The maximum atomic E-state index is 12.2. The van der Waals surface area contributed by atoms with Crippen molar-refractivity contribution in [1.29, 1.82) is 0 Å². The maximum Gasteiger partial charge on any atom is 0.326 e. The van der Waals surface area contributed by atoms with E-state index in [0.717, 1.165) is 0 Å². The third kappa shape index (κ3) is 4.00. The third-order valence-electron chi connectivity index (χ3n) is 3.78. The Kier molecular flexibility index (Phi) is 6.09. The molecule has 1 aromatic rings. The Morgan fingerprint density at radius 2 is 2.21 bits per heavy atom. The molecular weight excluding hydrogens is 334 g/mol. The molecule has 1 amide bonds. The zero-order chi connectivity index (χ0) is 17.7. The van der Waals surface area contributed by atoms with E-state index in [4.69, 9.17) is 26.2 Å². The van der Waals surface area contributed by atoms with Crippen molar-refractivity contribution in [3.63, 3.8) is 0 Å². The van der Waals surface area contributed by atoms with Crippen LogP contribution >= 0.6 is 11.6 Å². The van der Waals surface area contributed by atoms with Crippen molar-refractivity contribution in [2.24, 2.45) is 0 Å². The summed E-state index contributed by atoms with van der Waals surface area (Å²) in [6.07, 6.45) is 4.12. The third-order valence-corrected chi connectivity index (χ3v) is 4.06. The molecule has 1 saturated heterocycles. The molecule has 1 aromatic carbocycles. The summed E-state index contributed by atoms with van der Waals surface area (Å²) in [5.74, 6) is -0.374. The molecule has 1 fully saturated rings. The molecule has 0 bridgehead atoms. The minimum absolute atomic E-state index is 0.330. The number of nitrogens with zero attached hydrogens (tertiary/aromatic N) is 1. The van der Waals surface area contributed by atoms with E-state index in [-0.39, 0.29) is 5.91 Å². The number of halogens is 1. The Morgan fingerprint density at radius 3 is 2.83 bits per heavy atom.